The summed E-state index contributed by atoms with van der Waals surface area (Å²) in [4.78, 5) is 28.9. The number of carbonyl (C=O) groups is 2. The standard InChI is InChI=1S/C15H17N5O3/c1-9-16-13(19-18-9)10-3-2-4-12(7-10)17-15(23)20-6-5-11(8-20)14(21)22/h2-4,7,11H,5-6,8H2,1H3,(H,17,23)(H,21,22)(H,16,18,19). The summed E-state index contributed by atoms with van der Waals surface area (Å²) in [5.41, 5.74) is 1.41. The minimum atomic E-state index is -0.859. The zero-order chi connectivity index (χ0) is 16.4. The van der Waals surface area contributed by atoms with E-state index in [4.69, 9.17) is 5.11 Å². The molecule has 0 radical (unpaired) electrons. The third kappa shape index (κ3) is 3.31. The predicted molar refractivity (Wildman–Crippen MR) is 82.9 cm³/mol. The molecule has 2 heterocycles. The van der Waals surface area contributed by atoms with Gasteiger partial charge < -0.3 is 15.3 Å². The maximum atomic E-state index is 12.2. The van der Waals surface area contributed by atoms with E-state index in [1.54, 1.807) is 18.2 Å². The minimum Gasteiger partial charge on any atom is -0.481 e. The number of aliphatic carboxylic acids is 1. The maximum Gasteiger partial charge on any atom is 0.321 e. The van der Waals surface area contributed by atoms with Gasteiger partial charge >= 0.3 is 12.0 Å². The molecule has 2 aromatic rings. The molecule has 1 fully saturated rings. The van der Waals surface area contributed by atoms with Crippen molar-refractivity contribution in [3.8, 4) is 11.4 Å². The van der Waals surface area contributed by atoms with Crippen molar-refractivity contribution in [1.82, 2.24) is 20.1 Å². The van der Waals surface area contributed by atoms with E-state index in [9.17, 15) is 9.59 Å². The zero-order valence-electron chi connectivity index (χ0n) is 12.6. The number of carbonyl (C=O) groups excluding carboxylic acids is 1. The molecule has 1 aromatic carbocycles. The molecule has 120 valence electrons. The average molecular weight is 315 g/mol. The van der Waals surface area contributed by atoms with Gasteiger partial charge in [-0.05, 0) is 25.5 Å². The van der Waals surface area contributed by atoms with E-state index in [1.807, 2.05) is 13.0 Å². The van der Waals surface area contributed by atoms with Gasteiger partial charge in [0.25, 0.3) is 0 Å². The van der Waals surface area contributed by atoms with Crippen LogP contribution in [0.5, 0.6) is 0 Å². The molecule has 2 amide bonds. The highest BCUT2D eigenvalue weighted by molar-refractivity contribution is 5.90. The molecule has 0 saturated carbocycles. The number of carboxylic acid groups (broad SMARTS) is 1. The smallest absolute Gasteiger partial charge is 0.321 e. The summed E-state index contributed by atoms with van der Waals surface area (Å²) in [6.45, 7) is 2.50. The topological polar surface area (TPSA) is 111 Å². The molecule has 23 heavy (non-hydrogen) atoms. The molecule has 3 N–H and O–H groups in total. The van der Waals surface area contributed by atoms with Crippen molar-refractivity contribution in [3.05, 3.63) is 30.1 Å². The van der Waals surface area contributed by atoms with Crippen molar-refractivity contribution in [2.45, 2.75) is 13.3 Å². The Bertz CT molecular complexity index is 742. The number of amides is 2. The average Bonchev–Trinajstić information content (AvgIpc) is 3.16. The van der Waals surface area contributed by atoms with Crippen LogP contribution in [0.2, 0.25) is 0 Å². The fraction of sp³-hybridized carbons (Fsp3) is 0.333. The number of hydrogen-bond acceptors (Lipinski definition) is 4. The molecule has 1 aromatic heterocycles. The van der Waals surface area contributed by atoms with Gasteiger partial charge in [-0.2, -0.15) is 5.10 Å². The second kappa shape index (κ2) is 6.07. The van der Waals surface area contributed by atoms with E-state index in [1.165, 1.54) is 4.90 Å². The van der Waals surface area contributed by atoms with Gasteiger partial charge in [0.2, 0.25) is 0 Å². The highest BCUT2D eigenvalue weighted by Crippen LogP contribution is 2.21. The Morgan fingerprint density at radius 3 is 2.91 bits per heavy atom. The number of benzene rings is 1. The summed E-state index contributed by atoms with van der Waals surface area (Å²) in [5.74, 6) is -0.0671. The highest BCUT2D eigenvalue weighted by atomic mass is 16.4. The van der Waals surface area contributed by atoms with E-state index in [-0.39, 0.29) is 12.6 Å². The second-order valence-electron chi connectivity index (χ2n) is 5.53. The fourth-order valence-electron chi connectivity index (χ4n) is 2.56. The quantitative estimate of drug-likeness (QED) is 0.798. The first-order chi connectivity index (χ1) is 11.0. The lowest BCUT2D eigenvalue weighted by Crippen LogP contribution is -2.33. The molecular formula is C15H17N5O3. The van der Waals surface area contributed by atoms with Gasteiger partial charge in [-0.1, -0.05) is 12.1 Å². The van der Waals surface area contributed by atoms with Crippen LogP contribution in [0.25, 0.3) is 11.4 Å². The summed E-state index contributed by atoms with van der Waals surface area (Å²) >= 11 is 0. The third-order valence-electron chi connectivity index (χ3n) is 3.79. The fourth-order valence-corrected chi connectivity index (χ4v) is 2.56. The number of aromatic amines is 1. The van der Waals surface area contributed by atoms with Gasteiger partial charge in [0, 0.05) is 24.3 Å². The number of nitrogens with one attached hydrogen (secondary N) is 2. The Morgan fingerprint density at radius 1 is 1.43 bits per heavy atom. The molecule has 1 unspecified atom stereocenters. The van der Waals surface area contributed by atoms with Gasteiger partial charge in [-0.3, -0.25) is 9.89 Å². The number of nitrogens with zero attached hydrogens (tertiary/aromatic N) is 3. The largest absolute Gasteiger partial charge is 0.481 e. The molecule has 1 atom stereocenters. The SMILES string of the molecule is Cc1nc(-c2cccc(NC(=O)N3CCC(C(=O)O)C3)c2)n[nH]1. The molecule has 0 bridgehead atoms. The number of aromatic nitrogens is 3. The monoisotopic (exact) mass is 315 g/mol. The Labute approximate surface area is 132 Å². The van der Waals surface area contributed by atoms with E-state index in [0.29, 0.717) is 30.3 Å². The van der Waals surface area contributed by atoms with Gasteiger partial charge in [0.1, 0.15) is 5.82 Å². The molecule has 8 heteroatoms. The number of urea groups is 1. The first-order valence-electron chi connectivity index (χ1n) is 7.31. The van der Waals surface area contributed by atoms with Crippen LogP contribution in [0.3, 0.4) is 0 Å². The van der Waals surface area contributed by atoms with Crippen LogP contribution in [0.15, 0.2) is 24.3 Å². The van der Waals surface area contributed by atoms with Crippen LogP contribution in [0.1, 0.15) is 12.2 Å². The van der Waals surface area contributed by atoms with Crippen LogP contribution < -0.4 is 5.32 Å². The molecule has 3 rings (SSSR count). The first kappa shape index (κ1) is 15.0. The van der Waals surface area contributed by atoms with Crippen molar-refractivity contribution in [3.63, 3.8) is 0 Å². The third-order valence-corrected chi connectivity index (χ3v) is 3.79. The van der Waals surface area contributed by atoms with Crippen LogP contribution in [-0.2, 0) is 4.79 Å². The lowest BCUT2D eigenvalue weighted by molar-refractivity contribution is -0.141. The lowest BCUT2D eigenvalue weighted by atomic mass is 10.1. The minimum absolute atomic E-state index is 0.237. The van der Waals surface area contributed by atoms with Crippen molar-refractivity contribution in [2.24, 2.45) is 5.92 Å². The number of likely N-dealkylation sites (tertiary alicyclic amines) is 1. The van der Waals surface area contributed by atoms with E-state index in [0.717, 1.165) is 5.56 Å². The lowest BCUT2D eigenvalue weighted by Gasteiger charge is -2.17. The highest BCUT2D eigenvalue weighted by Gasteiger charge is 2.30. The van der Waals surface area contributed by atoms with Crippen LogP contribution >= 0.6 is 0 Å². The normalized spacial score (nSPS) is 17.3. The number of carboxylic acids is 1. The van der Waals surface area contributed by atoms with Crippen LogP contribution in [0.4, 0.5) is 10.5 Å². The first-order valence-corrected chi connectivity index (χ1v) is 7.31. The van der Waals surface area contributed by atoms with Crippen molar-refractivity contribution < 1.29 is 14.7 Å². The number of aryl methyl sites for hydroxylation is 1. The second-order valence-corrected chi connectivity index (χ2v) is 5.53. The zero-order valence-corrected chi connectivity index (χ0v) is 12.6. The number of hydrogen-bond donors (Lipinski definition) is 3. The van der Waals surface area contributed by atoms with Crippen LogP contribution in [-0.4, -0.2) is 50.3 Å². The summed E-state index contributed by atoms with van der Waals surface area (Å²) in [5, 5.41) is 18.6. The molecular weight excluding hydrogens is 298 g/mol. The molecule has 1 aliphatic heterocycles. The van der Waals surface area contributed by atoms with Crippen molar-refractivity contribution in [1.29, 1.82) is 0 Å². The molecule has 1 aliphatic rings. The van der Waals surface area contributed by atoms with Crippen molar-refractivity contribution in [2.75, 3.05) is 18.4 Å². The Hall–Kier alpha value is -2.90. The van der Waals surface area contributed by atoms with Gasteiger partial charge in [-0.25, -0.2) is 9.78 Å². The molecule has 1 saturated heterocycles. The van der Waals surface area contributed by atoms with Gasteiger partial charge in [0.15, 0.2) is 5.82 Å². The Kier molecular flexibility index (Phi) is 3.96. The summed E-state index contributed by atoms with van der Waals surface area (Å²) in [6.07, 6.45) is 0.485. The number of H-pyrrole nitrogens is 1. The van der Waals surface area contributed by atoms with Crippen LogP contribution in [0, 0.1) is 12.8 Å². The Balaban J connectivity index is 1.69. The molecule has 0 aliphatic carbocycles. The van der Waals surface area contributed by atoms with Crippen molar-refractivity contribution >= 4 is 17.7 Å². The van der Waals surface area contributed by atoms with Gasteiger partial charge in [0.05, 0.1) is 5.92 Å². The van der Waals surface area contributed by atoms with Gasteiger partial charge in [-0.15, -0.1) is 0 Å². The number of anilines is 1. The Morgan fingerprint density at radius 2 is 2.26 bits per heavy atom. The predicted octanol–water partition coefficient (Wildman–Crippen LogP) is 1.72. The molecule has 8 nitrogen and oxygen atoms in total. The number of rotatable bonds is 3. The summed E-state index contributed by atoms with van der Waals surface area (Å²) in [6, 6.07) is 6.92. The van der Waals surface area contributed by atoms with E-state index < -0.39 is 11.9 Å². The molecule has 0 spiro atoms. The maximum absolute atomic E-state index is 12.2. The van der Waals surface area contributed by atoms with E-state index in [2.05, 4.69) is 20.5 Å². The van der Waals surface area contributed by atoms with E-state index >= 15 is 0 Å². The summed E-state index contributed by atoms with van der Waals surface area (Å²) in [7, 11) is 0. The summed E-state index contributed by atoms with van der Waals surface area (Å²) < 4.78 is 0.